The number of carbonyl (C=O) groups excluding carboxylic acids is 1. The van der Waals surface area contributed by atoms with Crippen molar-refractivity contribution < 1.29 is 26.8 Å². The van der Waals surface area contributed by atoms with Crippen molar-refractivity contribution in [2.24, 2.45) is 0 Å². The zero-order valence-electron chi connectivity index (χ0n) is 15.3. The molecule has 0 aliphatic carbocycles. The molecule has 0 atom stereocenters. The van der Waals surface area contributed by atoms with Crippen LogP contribution in [-0.4, -0.2) is 37.6 Å². The summed E-state index contributed by atoms with van der Waals surface area (Å²) in [6, 6.07) is 15.4. The van der Waals surface area contributed by atoms with Gasteiger partial charge in [-0.2, -0.15) is 0 Å². The molecular weight excluding hydrogens is 397 g/mol. The summed E-state index contributed by atoms with van der Waals surface area (Å²) >= 11 is 0. The number of hydrogen-bond acceptors (Lipinski definition) is 5. The minimum absolute atomic E-state index is 0.144. The number of hydrogen-bond donors (Lipinski definition) is 0. The monoisotopic (exact) mass is 415 g/mol. The first-order chi connectivity index (χ1) is 13.9. The molecule has 0 saturated carbocycles. The van der Waals surface area contributed by atoms with Gasteiger partial charge in [-0.1, -0.05) is 6.07 Å². The molecule has 0 unspecified atom stereocenters. The van der Waals surface area contributed by atoms with Gasteiger partial charge in [0.15, 0.2) is 9.84 Å². The zero-order chi connectivity index (χ0) is 20.4. The Labute approximate surface area is 167 Å². The van der Waals surface area contributed by atoms with Gasteiger partial charge in [-0.15, -0.1) is 0 Å². The molecule has 6 nitrogen and oxygen atoms in total. The van der Waals surface area contributed by atoms with Crippen LogP contribution in [0.1, 0.15) is 16.1 Å². The molecule has 8 heteroatoms. The summed E-state index contributed by atoms with van der Waals surface area (Å²) in [4.78, 5) is 14.2. The Balaban J connectivity index is 1.39. The second-order valence-electron chi connectivity index (χ2n) is 6.80. The number of rotatable bonds is 6. The largest absolute Gasteiger partial charge is 0.468 e. The third-order valence-corrected chi connectivity index (χ3v) is 6.70. The van der Waals surface area contributed by atoms with E-state index in [1.807, 2.05) is 0 Å². The van der Waals surface area contributed by atoms with Gasteiger partial charge in [0.1, 0.15) is 28.8 Å². The van der Waals surface area contributed by atoms with Crippen molar-refractivity contribution in [3.05, 3.63) is 84.1 Å². The van der Waals surface area contributed by atoms with Gasteiger partial charge < -0.3 is 14.1 Å². The van der Waals surface area contributed by atoms with E-state index in [1.54, 1.807) is 36.4 Å². The maximum Gasteiger partial charge on any atom is 0.254 e. The normalized spacial score (nSPS) is 14.4. The fourth-order valence-corrected chi connectivity index (χ4v) is 4.67. The molecule has 1 fully saturated rings. The standard InChI is InChI=1S/C21H18FNO5S/c22-16-6-8-17(9-7-16)28-18-4-1-3-15(11-18)21(24)23-12-20(13-23)29(25,26)14-19-5-2-10-27-19/h1-11,20H,12-14H2. The van der Waals surface area contributed by atoms with E-state index in [0.29, 0.717) is 22.8 Å². The molecule has 3 aromatic rings. The van der Waals surface area contributed by atoms with Crippen molar-refractivity contribution in [2.45, 2.75) is 11.0 Å². The maximum absolute atomic E-state index is 13.0. The number of nitrogens with zero attached hydrogens (tertiary/aromatic N) is 1. The van der Waals surface area contributed by atoms with E-state index in [-0.39, 0.29) is 30.6 Å². The summed E-state index contributed by atoms with van der Waals surface area (Å²) in [7, 11) is -3.39. The predicted molar refractivity (Wildman–Crippen MR) is 104 cm³/mol. The number of benzene rings is 2. The fraction of sp³-hybridized carbons (Fsp3) is 0.190. The van der Waals surface area contributed by atoms with E-state index in [2.05, 4.69) is 0 Å². The highest BCUT2D eigenvalue weighted by atomic mass is 32.2. The molecule has 0 spiro atoms. The SMILES string of the molecule is O=C(c1cccc(Oc2ccc(F)cc2)c1)N1CC(S(=O)(=O)Cc2ccco2)C1. The lowest BCUT2D eigenvalue weighted by atomic mass is 10.1. The van der Waals surface area contributed by atoms with Gasteiger partial charge in [-0.05, 0) is 54.6 Å². The lowest BCUT2D eigenvalue weighted by Gasteiger charge is -2.38. The zero-order valence-corrected chi connectivity index (χ0v) is 16.1. The Morgan fingerprint density at radius 3 is 2.52 bits per heavy atom. The van der Waals surface area contributed by atoms with Crippen molar-refractivity contribution in [1.82, 2.24) is 4.90 Å². The van der Waals surface area contributed by atoms with Gasteiger partial charge in [0, 0.05) is 18.7 Å². The number of amides is 1. The Hall–Kier alpha value is -3.13. The first-order valence-electron chi connectivity index (χ1n) is 8.97. The van der Waals surface area contributed by atoms with Gasteiger partial charge in [0.25, 0.3) is 5.91 Å². The molecule has 1 saturated heterocycles. The molecule has 4 rings (SSSR count). The van der Waals surface area contributed by atoms with Crippen molar-refractivity contribution in [2.75, 3.05) is 13.1 Å². The molecule has 1 aromatic heterocycles. The van der Waals surface area contributed by atoms with Crippen molar-refractivity contribution in [3.63, 3.8) is 0 Å². The molecule has 1 aliphatic heterocycles. The van der Waals surface area contributed by atoms with Crippen LogP contribution in [0.4, 0.5) is 4.39 Å². The molecule has 0 radical (unpaired) electrons. The van der Waals surface area contributed by atoms with Crippen LogP contribution in [0.25, 0.3) is 0 Å². The Bertz CT molecular complexity index is 1100. The van der Waals surface area contributed by atoms with Crippen LogP contribution in [0.2, 0.25) is 0 Å². The van der Waals surface area contributed by atoms with Crippen LogP contribution in [-0.2, 0) is 15.6 Å². The van der Waals surface area contributed by atoms with Crippen molar-refractivity contribution in [3.8, 4) is 11.5 Å². The first kappa shape index (κ1) is 19.2. The number of halogens is 1. The van der Waals surface area contributed by atoms with Crippen molar-refractivity contribution >= 4 is 15.7 Å². The summed E-state index contributed by atoms with van der Waals surface area (Å²) in [5.41, 5.74) is 0.395. The molecule has 2 heterocycles. The maximum atomic E-state index is 13.0. The van der Waals surface area contributed by atoms with E-state index in [1.165, 1.54) is 35.4 Å². The first-order valence-corrected chi connectivity index (χ1v) is 10.7. The van der Waals surface area contributed by atoms with E-state index in [0.717, 1.165) is 0 Å². The van der Waals surface area contributed by atoms with E-state index >= 15 is 0 Å². The highest BCUT2D eigenvalue weighted by Gasteiger charge is 2.40. The Morgan fingerprint density at radius 1 is 1.07 bits per heavy atom. The highest BCUT2D eigenvalue weighted by Crippen LogP contribution is 2.26. The van der Waals surface area contributed by atoms with Crippen LogP contribution >= 0.6 is 0 Å². The summed E-state index contributed by atoms with van der Waals surface area (Å²) in [5.74, 6) is 0.470. The number of likely N-dealkylation sites (tertiary alicyclic amines) is 1. The molecule has 0 bridgehead atoms. The van der Waals surface area contributed by atoms with Gasteiger partial charge in [0.2, 0.25) is 0 Å². The van der Waals surface area contributed by atoms with Crippen LogP contribution in [0.3, 0.4) is 0 Å². The van der Waals surface area contributed by atoms with Crippen LogP contribution < -0.4 is 4.74 Å². The Kier molecular flexibility index (Phi) is 5.10. The molecule has 1 aliphatic rings. The van der Waals surface area contributed by atoms with Crippen LogP contribution in [0.5, 0.6) is 11.5 Å². The number of carbonyl (C=O) groups is 1. The molecule has 150 valence electrons. The third kappa shape index (κ3) is 4.32. The predicted octanol–water partition coefficient (Wildman–Crippen LogP) is 3.65. The second kappa shape index (κ2) is 7.71. The summed E-state index contributed by atoms with van der Waals surface area (Å²) < 4.78 is 48.6. The fourth-order valence-electron chi connectivity index (χ4n) is 3.06. The van der Waals surface area contributed by atoms with E-state index in [9.17, 15) is 17.6 Å². The van der Waals surface area contributed by atoms with Gasteiger partial charge in [-0.3, -0.25) is 4.79 Å². The lowest BCUT2D eigenvalue weighted by Crippen LogP contribution is -2.57. The van der Waals surface area contributed by atoms with Crippen LogP contribution in [0, 0.1) is 5.82 Å². The minimum atomic E-state index is -3.39. The molecule has 1 amide bonds. The van der Waals surface area contributed by atoms with Gasteiger partial charge in [0.05, 0.1) is 11.5 Å². The molecule has 29 heavy (non-hydrogen) atoms. The summed E-state index contributed by atoms with van der Waals surface area (Å²) in [5, 5.41) is -0.602. The number of ether oxygens (including phenoxy) is 1. The van der Waals surface area contributed by atoms with E-state index < -0.39 is 15.1 Å². The Morgan fingerprint density at radius 2 is 1.83 bits per heavy atom. The average molecular weight is 415 g/mol. The van der Waals surface area contributed by atoms with E-state index in [4.69, 9.17) is 9.15 Å². The summed E-state index contributed by atoms with van der Waals surface area (Å²) in [6.45, 7) is 0.288. The smallest absolute Gasteiger partial charge is 0.254 e. The lowest BCUT2D eigenvalue weighted by molar-refractivity contribution is 0.0658. The quantitative estimate of drug-likeness (QED) is 0.614. The summed E-state index contributed by atoms with van der Waals surface area (Å²) in [6.07, 6.45) is 1.43. The highest BCUT2D eigenvalue weighted by molar-refractivity contribution is 7.91. The second-order valence-corrected chi connectivity index (χ2v) is 9.08. The molecule has 2 aromatic carbocycles. The number of furan rings is 1. The minimum Gasteiger partial charge on any atom is -0.468 e. The molecular formula is C21H18FNO5S. The number of sulfone groups is 1. The topological polar surface area (TPSA) is 76.8 Å². The third-order valence-electron chi connectivity index (χ3n) is 4.70. The van der Waals surface area contributed by atoms with Crippen LogP contribution in [0.15, 0.2) is 71.3 Å². The average Bonchev–Trinajstić information content (AvgIpc) is 3.14. The van der Waals surface area contributed by atoms with Gasteiger partial charge in [-0.25, -0.2) is 12.8 Å². The molecule has 0 N–H and O–H groups in total. The van der Waals surface area contributed by atoms with Gasteiger partial charge >= 0.3 is 0 Å². The van der Waals surface area contributed by atoms with Crippen molar-refractivity contribution in [1.29, 1.82) is 0 Å².